The highest BCUT2D eigenvalue weighted by molar-refractivity contribution is 7.15. The van der Waals surface area contributed by atoms with E-state index in [4.69, 9.17) is 20.8 Å². The Labute approximate surface area is 193 Å². The van der Waals surface area contributed by atoms with E-state index in [2.05, 4.69) is 4.98 Å². The average Bonchev–Trinajstić information content (AvgIpc) is 3.26. The van der Waals surface area contributed by atoms with Gasteiger partial charge < -0.3 is 9.15 Å². The molecule has 0 radical (unpaired) electrons. The summed E-state index contributed by atoms with van der Waals surface area (Å²) in [7, 11) is 1.59. The number of hydrogen-bond donors (Lipinski definition) is 0. The van der Waals surface area contributed by atoms with Gasteiger partial charge in [0.2, 0.25) is 5.76 Å². The van der Waals surface area contributed by atoms with E-state index < -0.39 is 6.04 Å². The Morgan fingerprint density at radius 1 is 1.12 bits per heavy atom. The first-order chi connectivity index (χ1) is 15.3. The molecule has 0 saturated carbocycles. The first-order valence-electron chi connectivity index (χ1n) is 9.98. The smallest absolute Gasteiger partial charge is 0.297 e. The van der Waals surface area contributed by atoms with Crippen LogP contribution < -0.4 is 15.1 Å². The summed E-state index contributed by atoms with van der Waals surface area (Å²) >= 11 is 7.70. The lowest BCUT2D eigenvalue weighted by atomic mass is 9.98. The van der Waals surface area contributed by atoms with Crippen molar-refractivity contribution in [2.24, 2.45) is 0 Å². The number of anilines is 1. The monoisotopic (exact) mass is 466 g/mol. The number of hydrogen-bond acceptors (Lipinski definition) is 6. The summed E-state index contributed by atoms with van der Waals surface area (Å²) in [5, 5.41) is 1.34. The fourth-order valence-corrected chi connectivity index (χ4v) is 5.05. The van der Waals surface area contributed by atoms with E-state index in [9.17, 15) is 9.59 Å². The number of aryl methyl sites for hydroxylation is 3. The Morgan fingerprint density at radius 2 is 1.84 bits per heavy atom. The molecule has 2 aromatic heterocycles. The maximum Gasteiger partial charge on any atom is 0.297 e. The van der Waals surface area contributed by atoms with E-state index >= 15 is 0 Å². The lowest BCUT2D eigenvalue weighted by molar-refractivity contribution is 0.0971. The Kier molecular flexibility index (Phi) is 4.83. The Bertz CT molecular complexity index is 1440. The third-order valence-corrected chi connectivity index (χ3v) is 7.29. The molecule has 3 heterocycles. The number of carbonyl (C=O) groups is 1. The highest BCUT2D eigenvalue weighted by atomic mass is 35.5. The molecule has 4 aromatic rings. The number of methoxy groups -OCH3 is 1. The molecule has 1 aliphatic heterocycles. The van der Waals surface area contributed by atoms with Crippen molar-refractivity contribution in [1.82, 2.24) is 4.98 Å². The minimum absolute atomic E-state index is 0.0375. The molecule has 0 bridgehead atoms. The van der Waals surface area contributed by atoms with Gasteiger partial charge in [0.15, 0.2) is 10.6 Å². The van der Waals surface area contributed by atoms with Gasteiger partial charge in [-0.2, -0.15) is 0 Å². The number of rotatable bonds is 3. The van der Waals surface area contributed by atoms with Crippen molar-refractivity contribution in [1.29, 1.82) is 0 Å². The van der Waals surface area contributed by atoms with Crippen molar-refractivity contribution >= 4 is 44.9 Å². The predicted octanol–water partition coefficient (Wildman–Crippen LogP) is 5.59. The van der Waals surface area contributed by atoms with Gasteiger partial charge in [0.25, 0.3) is 5.91 Å². The highest BCUT2D eigenvalue weighted by Gasteiger charge is 2.45. The molecule has 32 heavy (non-hydrogen) atoms. The molecule has 1 unspecified atom stereocenters. The first kappa shape index (κ1) is 20.7. The van der Waals surface area contributed by atoms with E-state index in [1.165, 1.54) is 11.3 Å². The number of nitrogens with zero attached hydrogens (tertiary/aromatic N) is 2. The standard InChI is InChI=1S/C24H19ClN2O4S/c1-11-9-18-16(10-17(11)25)21(28)19-20(14-5-7-15(30-4)8-6-14)27(23(29)22(19)31-18)24-26-12(2)13(3)32-24/h5-10,20H,1-4H3. The van der Waals surface area contributed by atoms with E-state index in [1.807, 2.05) is 32.9 Å². The molecular weight excluding hydrogens is 448 g/mol. The maximum absolute atomic E-state index is 13.6. The van der Waals surface area contributed by atoms with Crippen molar-refractivity contribution in [3.8, 4) is 5.75 Å². The number of thiazole rings is 1. The van der Waals surface area contributed by atoms with Crippen LogP contribution in [-0.4, -0.2) is 18.0 Å². The summed E-state index contributed by atoms with van der Waals surface area (Å²) in [5.74, 6) is 0.329. The predicted molar refractivity (Wildman–Crippen MR) is 125 cm³/mol. The van der Waals surface area contributed by atoms with Crippen molar-refractivity contribution in [2.45, 2.75) is 26.8 Å². The molecule has 1 atom stereocenters. The summed E-state index contributed by atoms with van der Waals surface area (Å²) < 4.78 is 11.3. The fourth-order valence-electron chi connectivity index (χ4n) is 3.95. The minimum Gasteiger partial charge on any atom is -0.497 e. The molecular formula is C24H19ClN2O4S. The van der Waals surface area contributed by atoms with Crippen molar-refractivity contribution < 1.29 is 13.9 Å². The summed E-state index contributed by atoms with van der Waals surface area (Å²) in [4.78, 5) is 34.4. The normalized spacial score (nSPS) is 15.5. The van der Waals surface area contributed by atoms with Crippen molar-refractivity contribution in [2.75, 3.05) is 12.0 Å². The van der Waals surface area contributed by atoms with E-state index in [-0.39, 0.29) is 22.7 Å². The number of carbonyl (C=O) groups excluding carboxylic acids is 1. The molecule has 1 aliphatic rings. The Balaban J connectivity index is 1.81. The van der Waals surface area contributed by atoms with Gasteiger partial charge in [0, 0.05) is 9.90 Å². The molecule has 0 saturated heterocycles. The first-order valence-corrected chi connectivity index (χ1v) is 11.2. The number of fused-ring (bicyclic) bond motifs is 2. The van der Waals surface area contributed by atoms with E-state index in [0.717, 1.165) is 21.7 Å². The second kappa shape index (κ2) is 7.46. The van der Waals surface area contributed by atoms with Crippen LogP contribution in [0.15, 0.2) is 45.6 Å². The van der Waals surface area contributed by atoms with Gasteiger partial charge in [-0.3, -0.25) is 14.5 Å². The van der Waals surface area contributed by atoms with E-state index in [0.29, 0.717) is 26.9 Å². The van der Waals surface area contributed by atoms with Gasteiger partial charge in [0.1, 0.15) is 11.3 Å². The number of aromatic nitrogens is 1. The van der Waals surface area contributed by atoms with Crippen LogP contribution in [0.5, 0.6) is 5.75 Å². The van der Waals surface area contributed by atoms with Crippen LogP contribution in [-0.2, 0) is 0 Å². The highest BCUT2D eigenvalue weighted by Crippen LogP contribution is 2.43. The second-order valence-electron chi connectivity index (χ2n) is 7.76. The van der Waals surface area contributed by atoms with Gasteiger partial charge >= 0.3 is 0 Å². The third-order valence-electron chi connectivity index (χ3n) is 5.81. The van der Waals surface area contributed by atoms with Crippen LogP contribution in [0, 0.1) is 20.8 Å². The van der Waals surface area contributed by atoms with Gasteiger partial charge in [-0.1, -0.05) is 23.7 Å². The Morgan fingerprint density at radius 3 is 2.47 bits per heavy atom. The number of benzene rings is 2. The molecule has 162 valence electrons. The van der Waals surface area contributed by atoms with Gasteiger partial charge in [-0.05, 0) is 56.2 Å². The van der Waals surface area contributed by atoms with Gasteiger partial charge in [0.05, 0.1) is 29.8 Å². The quantitative estimate of drug-likeness (QED) is 0.393. The fraction of sp³-hybridized carbons (Fsp3) is 0.208. The molecule has 0 aliphatic carbocycles. The van der Waals surface area contributed by atoms with Crippen LogP contribution >= 0.6 is 22.9 Å². The summed E-state index contributed by atoms with van der Waals surface area (Å²) in [6.45, 7) is 5.67. The van der Waals surface area contributed by atoms with Crippen LogP contribution in [0.2, 0.25) is 5.02 Å². The molecule has 0 N–H and O–H groups in total. The zero-order chi connectivity index (χ0) is 22.7. The van der Waals surface area contributed by atoms with Crippen LogP contribution in [0.4, 0.5) is 5.13 Å². The van der Waals surface area contributed by atoms with Crippen LogP contribution in [0.25, 0.3) is 11.0 Å². The number of amides is 1. The van der Waals surface area contributed by atoms with Crippen LogP contribution in [0.1, 0.15) is 43.9 Å². The van der Waals surface area contributed by atoms with Crippen molar-refractivity contribution in [3.63, 3.8) is 0 Å². The molecule has 6 nitrogen and oxygen atoms in total. The van der Waals surface area contributed by atoms with E-state index in [1.54, 1.807) is 36.3 Å². The van der Waals surface area contributed by atoms with Crippen molar-refractivity contribution in [3.05, 3.63) is 84.7 Å². The molecule has 5 rings (SSSR count). The number of ether oxygens (including phenoxy) is 1. The molecule has 0 fully saturated rings. The Hall–Kier alpha value is -3.16. The lowest BCUT2D eigenvalue weighted by Crippen LogP contribution is -2.29. The molecule has 1 amide bonds. The molecule has 2 aromatic carbocycles. The number of halogens is 1. The lowest BCUT2D eigenvalue weighted by Gasteiger charge is -2.22. The zero-order valence-corrected chi connectivity index (χ0v) is 19.4. The largest absolute Gasteiger partial charge is 0.497 e. The second-order valence-corrected chi connectivity index (χ2v) is 9.35. The molecule has 0 spiro atoms. The SMILES string of the molecule is COc1ccc(C2c3c(oc4cc(C)c(Cl)cc4c3=O)C(=O)N2c2nc(C)c(C)s2)cc1. The zero-order valence-electron chi connectivity index (χ0n) is 17.9. The molecule has 8 heteroatoms. The topological polar surface area (TPSA) is 72.6 Å². The van der Waals surface area contributed by atoms with Gasteiger partial charge in [-0.15, -0.1) is 11.3 Å². The summed E-state index contributed by atoms with van der Waals surface area (Å²) in [6.07, 6.45) is 0. The van der Waals surface area contributed by atoms with Gasteiger partial charge in [-0.25, -0.2) is 4.98 Å². The maximum atomic E-state index is 13.6. The minimum atomic E-state index is -0.672. The van der Waals surface area contributed by atoms with Crippen LogP contribution in [0.3, 0.4) is 0 Å². The summed E-state index contributed by atoms with van der Waals surface area (Å²) in [6, 6.07) is 9.92. The average molecular weight is 467 g/mol. The summed E-state index contributed by atoms with van der Waals surface area (Å²) in [5.41, 5.74) is 2.72. The third kappa shape index (κ3) is 3.04.